The quantitative estimate of drug-likeness (QED) is 0.581. The lowest BCUT2D eigenvalue weighted by Crippen LogP contribution is -2.30. The molecular formula is C17H25NO6S. The van der Waals surface area contributed by atoms with Crippen LogP contribution in [0.25, 0.3) is 0 Å². The third-order valence-electron chi connectivity index (χ3n) is 3.03. The molecule has 1 amide bonds. The normalized spacial score (nSPS) is 13.0. The average Bonchev–Trinajstić information content (AvgIpc) is 2.40. The summed E-state index contributed by atoms with van der Waals surface area (Å²) >= 11 is 0. The summed E-state index contributed by atoms with van der Waals surface area (Å²) in [5, 5.41) is 2.69. The van der Waals surface area contributed by atoms with Crippen molar-refractivity contribution in [1.29, 1.82) is 0 Å². The van der Waals surface area contributed by atoms with E-state index in [-0.39, 0.29) is 36.5 Å². The minimum atomic E-state index is -3.60. The van der Waals surface area contributed by atoms with Crippen molar-refractivity contribution < 1.29 is 26.9 Å². The first-order valence-electron chi connectivity index (χ1n) is 7.81. The van der Waals surface area contributed by atoms with E-state index in [2.05, 4.69) is 5.32 Å². The van der Waals surface area contributed by atoms with E-state index in [4.69, 9.17) is 8.92 Å². The van der Waals surface area contributed by atoms with E-state index in [1.807, 2.05) is 0 Å². The van der Waals surface area contributed by atoms with Crippen molar-refractivity contribution in [3.63, 3.8) is 0 Å². The summed E-state index contributed by atoms with van der Waals surface area (Å²) < 4.78 is 32.4. The van der Waals surface area contributed by atoms with Gasteiger partial charge in [-0.15, -0.1) is 0 Å². The molecule has 8 heteroatoms. The predicted octanol–water partition coefficient (Wildman–Crippen LogP) is 1.98. The smallest absolute Gasteiger partial charge is 0.306 e. The Bertz CT molecular complexity index is 704. The molecule has 0 aromatic heterocycles. The van der Waals surface area contributed by atoms with Crippen molar-refractivity contribution in [3.8, 4) is 5.75 Å². The van der Waals surface area contributed by atoms with Crippen LogP contribution in [-0.4, -0.2) is 38.7 Å². The molecule has 1 aromatic carbocycles. The first-order valence-corrected chi connectivity index (χ1v) is 9.63. The number of hydrogen-bond donors (Lipinski definition) is 1. The minimum absolute atomic E-state index is 0.0871. The van der Waals surface area contributed by atoms with E-state index in [1.165, 1.54) is 19.1 Å². The second kappa shape index (κ2) is 8.33. The van der Waals surface area contributed by atoms with Gasteiger partial charge in [0, 0.05) is 19.4 Å². The first kappa shape index (κ1) is 21.0. The number of hydrogen-bond acceptors (Lipinski definition) is 6. The van der Waals surface area contributed by atoms with Gasteiger partial charge in [0.15, 0.2) is 0 Å². The number of nitrogens with one attached hydrogen (secondary N) is 1. The fraction of sp³-hybridized carbons (Fsp3) is 0.529. The van der Waals surface area contributed by atoms with Gasteiger partial charge in [-0.1, -0.05) is 12.1 Å². The lowest BCUT2D eigenvalue weighted by Gasteiger charge is -2.22. The molecule has 140 valence electrons. The summed E-state index contributed by atoms with van der Waals surface area (Å²) in [5.74, 6) is -0.696. The van der Waals surface area contributed by atoms with Crippen molar-refractivity contribution in [2.75, 3.05) is 12.8 Å². The van der Waals surface area contributed by atoms with Gasteiger partial charge in [-0.25, -0.2) is 0 Å². The van der Waals surface area contributed by atoms with Gasteiger partial charge in [0.05, 0.1) is 12.7 Å². The summed E-state index contributed by atoms with van der Waals surface area (Å²) in [5.41, 5.74) is 0.170. The van der Waals surface area contributed by atoms with Crippen molar-refractivity contribution in [2.24, 2.45) is 0 Å². The summed E-state index contributed by atoms with van der Waals surface area (Å²) in [6.07, 6.45) is 1.05. The van der Waals surface area contributed by atoms with E-state index in [1.54, 1.807) is 32.9 Å². The maximum Gasteiger partial charge on any atom is 0.306 e. The van der Waals surface area contributed by atoms with Crippen LogP contribution in [0.15, 0.2) is 24.3 Å². The van der Waals surface area contributed by atoms with Crippen LogP contribution in [0.1, 0.15) is 45.6 Å². The zero-order valence-corrected chi connectivity index (χ0v) is 16.0. The standard InChI is InChI=1S/C17H25NO6S/c1-12(19)18-11-14(10-16(20)23-17(2,3)4)13-6-8-15(9-7-13)24-25(5,21)22/h6-9,14H,10-11H2,1-5H3,(H,18,19). The highest BCUT2D eigenvalue weighted by atomic mass is 32.2. The van der Waals surface area contributed by atoms with Gasteiger partial charge in [-0.05, 0) is 38.5 Å². The van der Waals surface area contributed by atoms with Gasteiger partial charge in [-0.2, -0.15) is 8.42 Å². The maximum atomic E-state index is 12.1. The van der Waals surface area contributed by atoms with Gasteiger partial charge in [0.25, 0.3) is 0 Å². The molecule has 1 N–H and O–H groups in total. The lowest BCUT2D eigenvalue weighted by molar-refractivity contribution is -0.155. The fourth-order valence-electron chi connectivity index (χ4n) is 2.13. The molecule has 7 nitrogen and oxygen atoms in total. The molecule has 1 aromatic rings. The van der Waals surface area contributed by atoms with E-state index >= 15 is 0 Å². The number of amides is 1. The SMILES string of the molecule is CC(=O)NCC(CC(=O)OC(C)(C)C)c1ccc(OS(C)(=O)=O)cc1. The summed E-state index contributed by atoms with van der Waals surface area (Å²) in [6.45, 7) is 7.01. The van der Waals surface area contributed by atoms with Gasteiger partial charge >= 0.3 is 16.1 Å². The highest BCUT2D eigenvalue weighted by Gasteiger charge is 2.22. The topological polar surface area (TPSA) is 98.8 Å². The van der Waals surface area contributed by atoms with Crippen molar-refractivity contribution in [2.45, 2.75) is 45.6 Å². The molecule has 0 saturated carbocycles. The molecule has 1 rings (SSSR count). The Kier molecular flexibility index (Phi) is 6.98. The fourth-order valence-corrected chi connectivity index (χ4v) is 2.59. The third-order valence-corrected chi connectivity index (χ3v) is 3.52. The third kappa shape index (κ3) is 9.09. The van der Waals surface area contributed by atoms with Gasteiger partial charge < -0.3 is 14.2 Å². The first-order chi connectivity index (χ1) is 11.4. The van der Waals surface area contributed by atoms with Gasteiger partial charge in [-0.3, -0.25) is 9.59 Å². The maximum absolute atomic E-state index is 12.1. The molecule has 0 aliphatic heterocycles. The zero-order chi connectivity index (χ0) is 19.3. The molecule has 0 heterocycles. The summed E-state index contributed by atoms with van der Waals surface area (Å²) in [6, 6.07) is 6.34. The Hall–Kier alpha value is -2.09. The molecule has 0 fully saturated rings. The molecule has 0 bridgehead atoms. The number of benzene rings is 1. The lowest BCUT2D eigenvalue weighted by atomic mass is 9.95. The predicted molar refractivity (Wildman–Crippen MR) is 93.8 cm³/mol. The number of ether oxygens (including phenoxy) is 1. The number of esters is 1. The molecule has 0 saturated heterocycles. The monoisotopic (exact) mass is 371 g/mol. The number of rotatable bonds is 7. The molecule has 1 atom stereocenters. The Morgan fingerprint density at radius 3 is 2.16 bits per heavy atom. The van der Waals surface area contributed by atoms with Crippen LogP contribution in [0.5, 0.6) is 5.75 Å². The van der Waals surface area contributed by atoms with E-state index < -0.39 is 15.7 Å². The zero-order valence-electron chi connectivity index (χ0n) is 15.2. The molecular weight excluding hydrogens is 346 g/mol. The Morgan fingerprint density at radius 2 is 1.72 bits per heavy atom. The van der Waals surface area contributed by atoms with E-state index in [9.17, 15) is 18.0 Å². The molecule has 25 heavy (non-hydrogen) atoms. The second-order valence-electron chi connectivity index (χ2n) is 6.78. The molecule has 0 radical (unpaired) electrons. The van der Waals surface area contributed by atoms with Gasteiger partial charge in [0.2, 0.25) is 5.91 Å². The summed E-state index contributed by atoms with van der Waals surface area (Å²) in [4.78, 5) is 23.3. The van der Waals surface area contributed by atoms with Crippen LogP contribution in [0.3, 0.4) is 0 Å². The number of carbonyl (C=O) groups is 2. The highest BCUT2D eigenvalue weighted by Crippen LogP contribution is 2.24. The van der Waals surface area contributed by atoms with Crippen molar-refractivity contribution >= 4 is 22.0 Å². The van der Waals surface area contributed by atoms with Gasteiger partial charge in [0.1, 0.15) is 11.4 Å². The van der Waals surface area contributed by atoms with Crippen LogP contribution >= 0.6 is 0 Å². The molecule has 0 spiro atoms. The van der Waals surface area contributed by atoms with Crippen molar-refractivity contribution in [1.82, 2.24) is 5.32 Å². The van der Waals surface area contributed by atoms with E-state index in [0.717, 1.165) is 11.8 Å². The summed E-state index contributed by atoms with van der Waals surface area (Å²) in [7, 11) is -3.60. The molecule has 0 aliphatic rings. The van der Waals surface area contributed by atoms with Crippen LogP contribution in [0.2, 0.25) is 0 Å². The van der Waals surface area contributed by atoms with Crippen molar-refractivity contribution in [3.05, 3.63) is 29.8 Å². The van der Waals surface area contributed by atoms with E-state index in [0.29, 0.717) is 0 Å². The minimum Gasteiger partial charge on any atom is -0.460 e. The Labute approximate surface area is 148 Å². The Balaban J connectivity index is 2.91. The highest BCUT2D eigenvalue weighted by molar-refractivity contribution is 7.86. The number of carbonyl (C=O) groups excluding carboxylic acids is 2. The van der Waals surface area contributed by atoms with Crippen LogP contribution < -0.4 is 9.50 Å². The van der Waals surface area contributed by atoms with Crippen LogP contribution in [0, 0.1) is 0 Å². The molecule has 1 unspecified atom stereocenters. The molecule has 0 aliphatic carbocycles. The van der Waals surface area contributed by atoms with Crippen LogP contribution in [-0.2, 0) is 24.4 Å². The largest absolute Gasteiger partial charge is 0.460 e. The second-order valence-corrected chi connectivity index (χ2v) is 8.36. The van der Waals surface area contributed by atoms with Crippen LogP contribution in [0.4, 0.5) is 0 Å². The average molecular weight is 371 g/mol. The Morgan fingerprint density at radius 1 is 1.16 bits per heavy atom.